The van der Waals surface area contributed by atoms with E-state index in [4.69, 9.17) is 4.74 Å². The Balaban J connectivity index is 2.43. The third-order valence-electron chi connectivity index (χ3n) is 2.43. The number of amides is 1. The summed E-state index contributed by atoms with van der Waals surface area (Å²) in [6.07, 6.45) is 1.76. The lowest BCUT2D eigenvalue weighted by atomic mass is 10.1. The van der Waals surface area contributed by atoms with Crippen molar-refractivity contribution in [2.75, 3.05) is 13.7 Å². The average Bonchev–Trinajstić information content (AvgIpc) is 2.33. The van der Waals surface area contributed by atoms with Crippen molar-refractivity contribution < 1.29 is 13.9 Å². The first-order valence-electron chi connectivity index (χ1n) is 6.04. The van der Waals surface area contributed by atoms with Crippen molar-refractivity contribution in [3.63, 3.8) is 0 Å². The van der Waals surface area contributed by atoms with Gasteiger partial charge in [0.05, 0.1) is 6.61 Å². The highest BCUT2D eigenvalue weighted by Crippen LogP contribution is 2.19. The second kappa shape index (κ2) is 7.66. The Morgan fingerprint density at radius 2 is 2.22 bits per heavy atom. The predicted molar refractivity (Wildman–Crippen MR) is 67.7 cm³/mol. The smallest absolute Gasteiger partial charge is 0.234 e. The lowest BCUT2D eigenvalue weighted by Crippen LogP contribution is -2.33. The van der Waals surface area contributed by atoms with Crippen LogP contribution in [-0.4, -0.2) is 19.6 Å². The van der Waals surface area contributed by atoms with E-state index in [1.807, 2.05) is 13.0 Å². The van der Waals surface area contributed by atoms with E-state index in [0.29, 0.717) is 25.9 Å². The summed E-state index contributed by atoms with van der Waals surface area (Å²) >= 11 is 0. The van der Waals surface area contributed by atoms with Crippen LogP contribution in [0.2, 0.25) is 0 Å². The van der Waals surface area contributed by atoms with Crippen molar-refractivity contribution in [2.45, 2.75) is 26.2 Å². The highest BCUT2D eigenvalue weighted by molar-refractivity contribution is 5.75. The fourth-order valence-electron chi connectivity index (χ4n) is 1.63. The third-order valence-corrected chi connectivity index (χ3v) is 2.43. The fraction of sp³-hybridized carbons (Fsp3) is 0.462. The quantitative estimate of drug-likeness (QED) is 0.729. The fourth-order valence-corrected chi connectivity index (χ4v) is 1.63. The Morgan fingerprint density at radius 3 is 2.83 bits per heavy atom. The van der Waals surface area contributed by atoms with Gasteiger partial charge in [-0.3, -0.25) is 10.2 Å². The molecule has 0 aromatic heterocycles. The number of carbonyl (C=O) groups excluding carboxylic acids is 1. The molecule has 0 bridgehead atoms. The Morgan fingerprint density at radius 1 is 1.44 bits per heavy atom. The topological polar surface area (TPSA) is 50.4 Å². The minimum absolute atomic E-state index is 0.0658. The molecule has 0 aliphatic heterocycles. The molecule has 5 heteroatoms. The molecule has 0 aliphatic carbocycles. The molecule has 1 rings (SSSR count). The minimum atomic E-state index is -0.353. The van der Waals surface area contributed by atoms with Crippen LogP contribution in [-0.2, 0) is 11.2 Å². The predicted octanol–water partition coefficient (Wildman–Crippen LogP) is 1.80. The van der Waals surface area contributed by atoms with Gasteiger partial charge in [-0.25, -0.2) is 9.82 Å². The number of hydrogen-bond donors (Lipinski definition) is 2. The van der Waals surface area contributed by atoms with Crippen LogP contribution in [0.15, 0.2) is 18.2 Å². The van der Waals surface area contributed by atoms with E-state index in [1.54, 1.807) is 13.1 Å². The van der Waals surface area contributed by atoms with Crippen molar-refractivity contribution in [1.29, 1.82) is 0 Å². The molecule has 18 heavy (non-hydrogen) atoms. The second-order valence-electron chi connectivity index (χ2n) is 3.85. The first-order valence-corrected chi connectivity index (χ1v) is 6.04. The number of rotatable bonds is 7. The van der Waals surface area contributed by atoms with Crippen molar-refractivity contribution in [2.24, 2.45) is 0 Å². The summed E-state index contributed by atoms with van der Waals surface area (Å²) in [5.74, 6) is -0.146. The largest absolute Gasteiger partial charge is 0.491 e. The highest BCUT2D eigenvalue weighted by atomic mass is 19.1. The summed E-state index contributed by atoms with van der Waals surface area (Å²) in [5, 5.41) is 0. The van der Waals surface area contributed by atoms with E-state index in [0.717, 1.165) is 5.56 Å². The van der Waals surface area contributed by atoms with E-state index in [2.05, 4.69) is 10.9 Å². The number of nitrogens with one attached hydrogen (secondary N) is 2. The summed E-state index contributed by atoms with van der Waals surface area (Å²) in [6, 6.07) is 4.91. The van der Waals surface area contributed by atoms with Gasteiger partial charge in [0.1, 0.15) is 0 Å². The van der Waals surface area contributed by atoms with E-state index < -0.39 is 0 Å². The van der Waals surface area contributed by atoms with Gasteiger partial charge in [-0.15, -0.1) is 0 Å². The number of aryl methyl sites for hydroxylation is 1. The summed E-state index contributed by atoms with van der Waals surface area (Å²) in [7, 11) is 1.64. The van der Waals surface area contributed by atoms with Crippen molar-refractivity contribution in [1.82, 2.24) is 10.9 Å². The van der Waals surface area contributed by atoms with Gasteiger partial charge in [0.25, 0.3) is 0 Å². The molecule has 0 saturated heterocycles. The zero-order valence-corrected chi connectivity index (χ0v) is 10.8. The molecule has 0 saturated carbocycles. The van der Waals surface area contributed by atoms with Crippen molar-refractivity contribution in [3.05, 3.63) is 29.6 Å². The number of halogens is 1. The van der Waals surface area contributed by atoms with Gasteiger partial charge in [-0.2, -0.15) is 0 Å². The zero-order chi connectivity index (χ0) is 13.4. The Bertz CT molecular complexity index is 397. The Hall–Kier alpha value is -1.62. The Kier molecular flexibility index (Phi) is 6.14. The monoisotopic (exact) mass is 254 g/mol. The normalized spacial score (nSPS) is 10.2. The Labute approximate surface area is 106 Å². The number of benzene rings is 1. The first-order chi connectivity index (χ1) is 8.67. The lowest BCUT2D eigenvalue weighted by Gasteiger charge is -2.07. The molecular formula is C13H19FN2O2. The van der Waals surface area contributed by atoms with E-state index in [1.165, 1.54) is 6.07 Å². The molecule has 1 aromatic carbocycles. The average molecular weight is 254 g/mol. The maximum absolute atomic E-state index is 13.5. The van der Waals surface area contributed by atoms with E-state index in [-0.39, 0.29) is 17.5 Å². The summed E-state index contributed by atoms with van der Waals surface area (Å²) < 4.78 is 18.6. The van der Waals surface area contributed by atoms with Crippen LogP contribution in [0.3, 0.4) is 0 Å². The van der Waals surface area contributed by atoms with Crippen LogP contribution in [0.4, 0.5) is 4.39 Å². The molecule has 0 radical (unpaired) electrons. The summed E-state index contributed by atoms with van der Waals surface area (Å²) in [6.45, 7) is 2.26. The number of ether oxygens (including phenoxy) is 1. The molecule has 1 amide bonds. The van der Waals surface area contributed by atoms with Crippen molar-refractivity contribution >= 4 is 5.91 Å². The van der Waals surface area contributed by atoms with E-state index in [9.17, 15) is 9.18 Å². The van der Waals surface area contributed by atoms with Crippen LogP contribution in [0.5, 0.6) is 5.75 Å². The van der Waals surface area contributed by atoms with Gasteiger partial charge in [0.2, 0.25) is 5.91 Å². The van der Waals surface area contributed by atoms with Gasteiger partial charge in [-0.05, 0) is 37.5 Å². The van der Waals surface area contributed by atoms with Gasteiger partial charge in [0.15, 0.2) is 11.6 Å². The molecule has 0 heterocycles. The molecule has 0 spiro atoms. The van der Waals surface area contributed by atoms with E-state index >= 15 is 0 Å². The molecule has 1 aromatic rings. The SMILES string of the molecule is CCOc1ccc(CCCC(=O)NNC)cc1F. The lowest BCUT2D eigenvalue weighted by molar-refractivity contribution is -0.122. The third kappa shape index (κ3) is 4.71. The maximum Gasteiger partial charge on any atom is 0.234 e. The molecule has 0 aliphatic rings. The highest BCUT2D eigenvalue weighted by Gasteiger charge is 2.05. The van der Waals surface area contributed by atoms with Crippen LogP contribution < -0.4 is 15.6 Å². The van der Waals surface area contributed by atoms with Crippen LogP contribution in [0.25, 0.3) is 0 Å². The molecular weight excluding hydrogens is 235 g/mol. The standard InChI is InChI=1S/C13H19FN2O2/c1-3-18-12-8-7-10(9-11(12)14)5-4-6-13(17)16-15-2/h7-9,15H,3-6H2,1-2H3,(H,16,17). The maximum atomic E-state index is 13.5. The minimum Gasteiger partial charge on any atom is -0.491 e. The summed E-state index contributed by atoms with van der Waals surface area (Å²) in [5.41, 5.74) is 5.93. The van der Waals surface area contributed by atoms with Gasteiger partial charge in [-0.1, -0.05) is 6.07 Å². The van der Waals surface area contributed by atoms with Crippen molar-refractivity contribution in [3.8, 4) is 5.75 Å². The zero-order valence-electron chi connectivity index (χ0n) is 10.8. The number of hydrazine groups is 1. The first kappa shape index (κ1) is 14.4. The number of carbonyl (C=O) groups is 1. The van der Waals surface area contributed by atoms with Gasteiger partial charge >= 0.3 is 0 Å². The molecule has 2 N–H and O–H groups in total. The second-order valence-corrected chi connectivity index (χ2v) is 3.85. The molecule has 100 valence electrons. The molecule has 0 atom stereocenters. The van der Waals surface area contributed by atoms with Gasteiger partial charge < -0.3 is 4.74 Å². The van der Waals surface area contributed by atoms with Crippen LogP contribution >= 0.6 is 0 Å². The number of hydrogen-bond acceptors (Lipinski definition) is 3. The molecule has 0 fully saturated rings. The van der Waals surface area contributed by atoms with Crippen LogP contribution in [0, 0.1) is 5.82 Å². The molecule has 4 nitrogen and oxygen atoms in total. The van der Waals surface area contributed by atoms with Crippen LogP contribution in [0.1, 0.15) is 25.3 Å². The summed E-state index contributed by atoms with van der Waals surface area (Å²) in [4.78, 5) is 11.2. The molecule has 0 unspecified atom stereocenters. The van der Waals surface area contributed by atoms with Gasteiger partial charge in [0, 0.05) is 13.5 Å².